The predicted octanol–water partition coefficient (Wildman–Crippen LogP) is 4.13. The second-order valence-corrected chi connectivity index (χ2v) is 11.4. The summed E-state index contributed by atoms with van der Waals surface area (Å²) < 4.78 is 34.9. The molecule has 45 heavy (non-hydrogen) atoms. The summed E-state index contributed by atoms with van der Waals surface area (Å²) in [7, 11) is 1.70. The summed E-state index contributed by atoms with van der Waals surface area (Å²) in [6.07, 6.45) is 8.44. The Morgan fingerprint density at radius 3 is 2.69 bits per heavy atom. The van der Waals surface area contributed by atoms with Gasteiger partial charge in [0.1, 0.15) is 41.3 Å². The van der Waals surface area contributed by atoms with E-state index in [1.807, 2.05) is 36.0 Å². The third kappa shape index (κ3) is 9.26. The molecule has 240 valence electrons. The topological polar surface area (TPSA) is 123 Å². The number of hydrogen-bond donors (Lipinski definition) is 0. The number of hydrogen-bond acceptors (Lipinski definition) is 11. The summed E-state index contributed by atoms with van der Waals surface area (Å²) in [6, 6.07) is 8.92. The molecule has 12 heteroatoms. The van der Waals surface area contributed by atoms with Gasteiger partial charge in [0.15, 0.2) is 18.4 Å². The molecule has 0 radical (unpaired) electrons. The third-order valence-electron chi connectivity index (χ3n) is 7.48. The highest BCUT2D eigenvalue weighted by molar-refractivity contribution is 6.70. The monoisotopic (exact) mass is 620 g/mol. The zero-order chi connectivity index (χ0) is 32.4. The van der Waals surface area contributed by atoms with Crippen molar-refractivity contribution in [2.45, 2.75) is 64.6 Å². The molecule has 0 aliphatic carbocycles. The van der Waals surface area contributed by atoms with Gasteiger partial charge in [-0.05, 0) is 63.5 Å². The zero-order valence-electron chi connectivity index (χ0n) is 26.5. The maximum absolute atomic E-state index is 13.6. The van der Waals surface area contributed by atoms with Crippen LogP contribution in [0.4, 0.5) is 5.82 Å². The molecule has 1 fully saturated rings. The molecule has 0 spiro atoms. The van der Waals surface area contributed by atoms with E-state index in [1.165, 1.54) is 13.2 Å². The molecular formula is C33H41BN2O9. The van der Waals surface area contributed by atoms with E-state index in [4.69, 9.17) is 28.4 Å². The van der Waals surface area contributed by atoms with E-state index in [-0.39, 0.29) is 37.2 Å². The van der Waals surface area contributed by atoms with Crippen molar-refractivity contribution >= 4 is 37.2 Å². The summed E-state index contributed by atoms with van der Waals surface area (Å²) in [5.74, 6) is -0.548. The largest absolute Gasteiger partial charge is 0.493 e. The summed E-state index contributed by atoms with van der Waals surface area (Å²) in [6.45, 7) is 7.96. The molecular weight excluding hydrogens is 579 g/mol. The van der Waals surface area contributed by atoms with Crippen molar-refractivity contribution < 1.29 is 42.8 Å². The van der Waals surface area contributed by atoms with E-state index in [2.05, 4.69) is 4.98 Å². The molecule has 0 bridgehead atoms. The fourth-order valence-electron chi connectivity index (χ4n) is 5.07. The maximum Gasteiger partial charge on any atom is 0.342 e. The van der Waals surface area contributed by atoms with Gasteiger partial charge in [0, 0.05) is 31.8 Å². The lowest BCUT2D eigenvalue weighted by Crippen LogP contribution is -2.31. The number of anilines is 1. The molecule has 4 rings (SSSR count). The van der Waals surface area contributed by atoms with Gasteiger partial charge in [-0.3, -0.25) is 4.79 Å². The Bertz CT molecular complexity index is 1380. The Morgan fingerprint density at radius 2 is 1.96 bits per heavy atom. The van der Waals surface area contributed by atoms with Crippen LogP contribution in [0.1, 0.15) is 56.5 Å². The number of cyclic esters (lactones) is 1. The normalized spacial score (nSPS) is 24.3. The van der Waals surface area contributed by atoms with E-state index in [1.54, 1.807) is 51.3 Å². The van der Waals surface area contributed by atoms with Gasteiger partial charge in [-0.15, -0.1) is 0 Å². The van der Waals surface area contributed by atoms with Crippen LogP contribution >= 0.6 is 0 Å². The number of carbonyl (C=O) groups is 3. The molecule has 0 saturated carbocycles. The van der Waals surface area contributed by atoms with Gasteiger partial charge in [0.25, 0.3) is 0 Å². The van der Waals surface area contributed by atoms with Crippen LogP contribution in [-0.2, 0) is 28.5 Å². The zero-order valence-corrected chi connectivity index (χ0v) is 26.5. The van der Waals surface area contributed by atoms with E-state index >= 15 is 0 Å². The molecule has 3 unspecified atom stereocenters. The van der Waals surface area contributed by atoms with Crippen LogP contribution in [0, 0.1) is 5.92 Å². The molecule has 1 aromatic carbocycles. The summed E-state index contributed by atoms with van der Waals surface area (Å²) in [5.41, 5.74) is 0.729. The van der Waals surface area contributed by atoms with Crippen LogP contribution in [0.15, 0.2) is 54.8 Å². The first-order valence-electron chi connectivity index (χ1n) is 15.1. The number of rotatable bonds is 11. The van der Waals surface area contributed by atoms with Crippen LogP contribution in [0.5, 0.6) is 11.5 Å². The van der Waals surface area contributed by atoms with Crippen molar-refractivity contribution in [3.63, 3.8) is 0 Å². The number of aromatic nitrogens is 1. The second-order valence-electron chi connectivity index (χ2n) is 11.4. The van der Waals surface area contributed by atoms with Crippen LogP contribution in [0.2, 0.25) is 0 Å². The molecule has 1 aromatic heterocycles. The molecule has 2 aliphatic rings. The number of ketones is 1. The summed E-state index contributed by atoms with van der Waals surface area (Å²) >= 11 is 0. The molecule has 11 nitrogen and oxygen atoms in total. The highest BCUT2D eigenvalue weighted by atomic mass is 16.8. The predicted molar refractivity (Wildman–Crippen MR) is 170 cm³/mol. The number of esters is 1. The molecule has 2 aromatic rings. The standard InChI is InChI=1S/C33H41BN2O9/c1-22-13-14-26(38)31-27(44-33(3,4)45-31)11-8-10-24-18-25(19-28(42-21-40-5)30(24)32(39)43-23(22)2)41-17-9-16-36(34-20-37)29-12-6-7-15-35-29/h6-8,10,12-15,18-20,22-23,27,31,34H,9,11,16-17,21H2,1-5H3/b10-8+,14-13-/t22-,23?,27?,31?/m1/s1. The molecule has 0 amide bonds. The maximum atomic E-state index is 13.6. The first kappa shape index (κ1) is 33.9. The highest BCUT2D eigenvalue weighted by Crippen LogP contribution is 2.34. The number of fused-ring (bicyclic) bond motifs is 2. The summed E-state index contributed by atoms with van der Waals surface area (Å²) in [5, 5.41) is 0. The van der Waals surface area contributed by atoms with Crippen molar-refractivity contribution in [3.8, 4) is 11.5 Å². The SMILES string of the molecule is COCOc1cc(OCCCN(BC=O)c2ccccn2)cc2c1C(=O)OC(C)[C@H](C)/C=C\C(=O)C1OC(C)(C)OC1C/C=C/2. The highest BCUT2D eigenvalue weighted by Gasteiger charge is 2.43. The smallest absolute Gasteiger partial charge is 0.342 e. The summed E-state index contributed by atoms with van der Waals surface area (Å²) in [4.78, 5) is 44.1. The average molecular weight is 621 g/mol. The number of methoxy groups -OCH3 is 1. The first-order chi connectivity index (χ1) is 21.6. The molecule has 3 heterocycles. The Morgan fingerprint density at radius 1 is 1.13 bits per heavy atom. The lowest BCUT2D eigenvalue weighted by atomic mass is 9.94. The van der Waals surface area contributed by atoms with Crippen molar-refractivity contribution in [1.29, 1.82) is 0 Å². The third-order valence-corrected chi connectivity index (χ3v) is 7.48. The first-order valence-corrected chi connectivity index (χ1v) is 15.1. The van der Waals surface area contributed by atoms with Gasteiger partial charge in [0.05, 0.1) is 12.7 Å². The van der Waals surface area contributed by atoms with Crippen LogP contribution in [0.25, 0.3) is 6.08 Å². The fourth-order valence-corrected chi connectivity index (χ4v) is 5.07. The van der Waals surface area contributed by atoms with E-state index < -0.39 is 30.1 Å². The van der Waals surface area contributed by atoms with Crippen molar-refractivity contribution in [2.75, 3.05) is 31.9 Å². The Labute approximate surface area is 264 Å². The number of ether oxygens (including phenoxy) is 6. The van der Waals surface area contributed by atoms with Crippen LogP contribution < -0.4 is 14.3 Å². The Hall–Kier alpha value is -4.00. The lowest BCUT2D eigenvalue weighted by molar-refractivity contribution is -0.152. The van der Waals surface area contributed by atoms with Crippen molar-refractivity contribution in [3.05, 3.63) is 65.9 Å². The lowest BCUT2D eigenvalue weighted by Gasteiger charge is -2.22. The minimum absolute atomic E-state index is 0.0988. The van der Waals surface area contributed by atoms with Crippen LogP contribution in [0.3, 0.4) is 0 Å². The minimum Gasteiger partial charge on any atom is -0.493 e. The Balaban J connectivity index is 1.61. The van der Waals surface area contributed by atoms with Crippen molar-refractivity contribution in [1.82, 2.24) is 4.98 Å². The quantitative estimate of drug-likeness (QED) is 0.119. The van der Waals surface area contributed by atoms with Gasteiger partial charge in [0.2, 0.25) is 0 Å². The van der Waals surface area contributed by atoms with E-state index in [9.17, 15) is 14.4 Å². The van der Waals surface area contributed by atoms with Gasteiger partial charge in [-0.25, -0.2) is 9.78 Å². The fraction of sp³-hybridized carbons (Fsp3) is 0.455. The molecule has 4 atom stereocenters. The number of nitrogens with zero attached hydrogens (tertiary/aromatic N) is 2. The van der Waals surface area contributed by atoms with Gasteiger partial charge < -0.3 is 38.0 Å². The van der Waals surface area contributed by atoms with E-state index in [0.29, 0.717) is 43.1 Å². The van der Waals surface area contributed by atoms with E-state index in [0.717, 1.165) is 6.19 Å². The van der Waals surface area contributed by atoms with Crippen molar-refractivity contribution in [2.24, 2.45) is 5.92 Å². The van der Waals surface area contributed by atoms with Gasteiger partial charge >= 0.3 is 13.4 Å². The second kappa shape index (κ2) is 15.8. The molecule has 0 N–H and O–H groups in total. The molecule has 2 aliphatic heterocycles. The van der Waals surface area contributed by atoms with Crippen LogP contribution in [-0.4, -0.2) is 81.5 Å². The Kier molecular flexibility index (Phi) is 11.9. The number of pyridine rings is 1. The van der Waals surface area contributed by atoms with Gasteiger partial charge in [-0.2, -0.15) is 0 Å². The number of carbonyl (C=O) groups excluding carboxylic acids is 3. The average Bonchev–Trinajstić information content (AvgIpc) is 3.33. The molecule has 1 saturated heterocycles. The number of benzene rings is 1. The minimum atomic E-state index is -0.920. The van der Waals surface area contributed by atoms with Gasteiger partial charge in [-0.1, -0.05) is 31.2 Å².